The zero-order valence-electron chi connectivity index (χ0n) is 11.8. The van der Waals surface area contributed by atoms with Crippen molar-refractivity contribution in [2.75, 3.05) is 6.54 Å². The maximum atomic E-state index is 6.07. The van der Waals surface area contributed by atoms with Crippen molar-refractivity contribution in [1.82, 2.24) is 10.3 Å². The summed E-state index contributed by atoms with van der Waals surface area (Å²) in [5.74, 6) is 0.973. The molecular weight excluding hydrogens is 348 g/mol. The van der Waals surface area contributed by atoms with E-state index in [4.69, 9.17) is 4.42 Å². The highest BCUT2D eigenvalue weighted by atomic mass is 79.9. The van der Waals surface area contributed by atoms with Crippen molar-refractivity contribution in [3.63, 3.8) is 0 Å². The summed E-state index contributed by atoms with van der Waals surface area (Å²) < 4.78 is 7.07. The summed E-state index contributed by atoms with van der Waals surface area (Å²) in [6.45, 7) is 3.14. The van der Waals surface area contributed by atoms with Gasteiger partial charge in [0, 0.05) is 23.4 Å². The van der Waals surface area contributed by atoms with E-state index in [2.05, 4.69) is 45.3 Å². The molecule has 0 aliphatic rings. The van der Waals surface area contributed by atoms with Crippen LogP contribution in [0.15, 0.2) is 44.7 Å². The Hall–Kier alpha value is -1.17. The van der Waals surface area contributed by atoms with Gasteiger partial charge < -0.3 is 9.73 Å². The van der Waals surface area contributed by atoms with Crippen molar-refractivity contribution in [2.24, 2.45) is 0 Å². The van der Waals surface area contributed by atoms with Gasteiger partial charge in [0.05, 0.1) is 15.5 Å². The van der Waals surface area contributed by atoms with Gasteiger partial charge in [0.15, 0.2) is 0 Å². The second-order valence-corrected chi connectivity index (χ2v) is 6.78. The average molecular weight is 365 g/mol. The molecule has 2 heterocycles. The Morgan fingerprint density at radius 3 is 3.05 bits per heavy atom. The molecule has 0 radical (unpaired) electrons. The summed E-state index contributed by atoms with van der Waals surface area (Å²) in [6, 6.07) is 8.40. The van der Waals surface area contributed by atoms with E-state index in [9.17, 15) is 0 Å². The Morgan fingerprint density at radius 1 is 1.43 bits per heavy atom. The molecule has 0 fully saturated rings. The standard InChI is InChI=1S/C16H17BrN2OS/c1-2-6-18-13(10-15-19-7-8-21-15)14-9-11-4-3-5-12(17)16(11)20-14/h3-5,7-9,13,18H,2,6,10H2,1H3. The maximum absolute atomic E-state index is 6.07. The fraction of sp³-hybridized carbons (Fsp3) is 0.312. The number of hydrogen-bond donors (Lipinski definition) is 1. The van der Waals surface area contributed by atoms with Gasteiger partial charge in [-0.3, -0.25) is 0 Å². The van der Waals surface area contributed by atoms with E-state index in [-0.39, 0.29) is 6.04 Å². The number of nitrogens with zero attached hydrogens (tertiary/aromatic N) is 1. The van der Waals surface area contributed by atoms with Crippen LogP contribution >= 0.6 is 27.3 Å². The highest BCUT2D eigenvalue weighted by Crippen LogP contribution is 2.31. The number of rotatable bonds is 6. The van der Waals surface area contributed by atoms with Gasteiger partial charge in [-0.2, -0.15) is 0 Å². The largest absolute Gasteiger partial charge is 0.458 e. The molecule has 0 spiro atoms. The first-order chi connectivity index (χ1) is 10.3. The first-order valence-electron chi connectivity index (χ1n) is 7.07. The third kappa shape index (κ3) is 3.36. The number of halogens is 1. The smallest absolute Gasteiger partial charge is 0.148 e. The molecule has 0 saturated carbocycles. The molecule has 3 rings (SSSR count). The lowest BCUT2D eigenvalue weighted by molar-refractivity contribution is 0.426. The van der Waals surface area contributed by atoms with E-state index in [0.717, 1.165) is 45.6 Å². The van der Waals surface area contributed by atoms with E-state index in [1.807, 2.05) is 23.7 Å². The lowest BCUT2D eigenvalue weighted by Gasteiger charge is -2.14. The van der Waals surface area contributed by atoms with Crippen LogP contribution in [0.25, 0.3) is 11.0 Å². The molecule has 3 nitrogen and oxygen atoms in total. The normalized spacial score (nSPS) is 12.9. The molecule has 5 heteroatoms. The molecule has 3 aromatic rings. The molecule has 0 aliphatic heterocycles. The van der Waals surface area contributed by atoms with Crippen LogP contribution in [0.5, 0.6) is 0 Å². The molecule has 0 aliphatic carbocycles. The Bertz CT molecular complexity index is 708. The van der Waals surface area contributed by atoms with Crippen molar-refractivity contribution in [2.45, 2.75) is 25.8 Å². The van der Waals surface area contributed by atoms with Crippen molar-refractivity contribution >= 4 is 38.2 Å². The van der Waals surface area contributed by atoms with Crippen LogP contribution in [0.2, 0.25) is 0 Å². The number of hydrogen-bond acceptors (Lipinski definition) is 4. The van der Waals surface area contributed by atoms with Crippen LogP contribution in [-0.2, 0) is 6.42 Å². The monoisotopic (exact) mass is 364 g/mol. The van der Waals surface area contributed by atoms with E-state index in [1.165, 1.54) is 0 Å². The van der Waals surface area contributed by atoms with Gasteiger partial charge in [0.1, 0.15) is 11.3 Å². The quantitative estimate of drug-likeness (QED) is 0.673. The van der Waals surface area contributed by atoms with Gasteiger partial charge in [0.25, 0.3) is 0 Å². The number of fused-ring (bicyclic) bond motifs is 1. The minimum Gasteiger partial charge on any atom is -0.458 e. The summed E-state index contributed by atoms with van der Waals surface area (Å²) in [6.07, 6.45) is 3.81. The summed E-state index contributed by atoms with van der Waals surface area (Å²) in [5, 5.41) is 7.83. The second-order valence-electron chi connectivity index (χ2n) is 4.94. The van der Waals surface area contributed by atoms with E-state index in [0.29, 0.717) is 0 Å². The number of aromatic nitrogens is 1. The van der Waals surface area contributed by atoms with Gasteiger partial charge in [0.2, 0.25) is 0 Å². The summed E-state index contributed by atoms with van der Waals surface area (Å²) in [7, 11) is 0. The lowest BCUT2D eigenvalue weighted by atomic mass is 10.1. The van der Waals surface area contributed by atoms with Crippen molar-refractivity contribution in [1.29, 1.82) is 0 Å². The summed E-state index contributed by atoms with van der Waals surface area (Å²) in [4.78, 5) is 4.39. The molecule has 2 aromatic heterocycles. The van der Waals surface area contributed by atoms with Crippen LogP contribution in [0.3, 0.4) is 0 Å². The Balaban J connectivity index is 1.91. The fourth-order valence-corrected chi connectivity index (χ4v) is 3.47. The Kier molecular flexibility index (Phi) is 4.73. The zero-order chi connectivity index (χ0) is 14.7. The van der Waals surface area contributed by atoms with Gasteiger partial charge in [-0.25, -0.2) is 4.98 Å². The van der Waals surface area contributed by atoms with E-state index >= 15 is 0 Å². The van der Waals surface area contributed by atoms with Crippen LogP contribution < -0.4 is 5.32 Å². The van der Waals surface area contributed by atoms with Gasteiger partial charge in [-0.15, -0.1) is 11.3 Å². The Morgan fingerprint density at radius 2 is 2.33 bits per heavy atom. The molecule has 21 heavy (non-hydrogen) atoms. The molecule has 1 unspecified atom stereocenters. The van der Waals surface area contributed by atoms with Crippen LogP contribution in [0, 0.1) is 0 Å². The van der Waals surface area contributed by atoms with E-state index < -0.39 is 0 Å². The highest BCUT2D eigenvalue weighted by Gasteiger charge is 2.18. The maximum Gasteiger partial charge on any atom is 0.148 e. The van der Waals surface area contributed by atoms with Gasteiger partial charge >= 0.3 is 0 Å². The van der Waals surface area contributed by atoms with Gasteiger partial charge in [-0.05, 0) is 41.0 Å². The first kappa shape index (κ1) is 14.8. The molecule has 1 aromatic carbocycles. The summed E-state index contributed by atoms with van der Waals surface area (Å²) >= 11 is 5.24. The molecule has 1 atom stereocenters. The zero-order valence-corrected chi connectivity index (χ0v) is 14.2. The SMILES string of the molecule is CCCNC(Cc1nccs1)c1cc2cccc(Br)c2o1. The topological polar surface area (TPSA) is 38.1 Å². The number of benzene rings is 1. The van der Waals surface area contributed by atoms with E-state index in [1.54, 1.807) is 11.3 Å². The predicted octanol–water partition coefficient (Wildman–Crippen LogP) is 4.94. The van der Waals surface area contributed by atoms with Crippen LogP contribution in [0.4, 0.5) is 0 Å². The highest BCUT2D eigenvalue weighted by molar-refractivity contribution is 9.10. The number of para-hydroxylation sites is 1. The molecule has 0 amide bonds. The molecule has 0 bridgehead atoms. The molecule has 0 saturated heterocycles. The summed E-state index contributed by atoms with van der Waals surface area (Å²) in [5.41, 5.74) is 0.912. The fourth-order valence-electron chi connectivity index (χ4n) is 2.34. The van der Waals surface area contributed by atoms with Crippen molar-refractivity contribution in [3.05, 3.63) is 51.1 Å². The Labute approximate surface area is 136 Å². The van der Waals surface area contributed by atoms with Crippen molar-refractivity contribution in [3.8, 4) is 0 Å². The predicted molar refractivity (Wildman–Crippen MR) is 90.8 cm³/mol. The minimum absolute atomic E-state index is 0.162. The third-order valence-electron chi connectivity index (χ3n) is 3.36. The number of thiazole rings is 1. The number of nitrogens with one attached hydrogen (secondary N) is 1. The van der Waals surface area contributed by atoms with Crippen molar-refractivity contribution < 1.29 is 4.42 Å². The molecule has 110 valence electrons. The van der Waals surface area contributed by atoms with Crippen LogP contribution in [-0.4, -0.2) is 11.5 Å². The van der Waals surface area contributed by atoms with Gasteiger partial charge in [-0.1, -0.05) is 19.1 Å². The average Bonchev–Trinajstić information content (AvgIpc) is 3.13. The molecular formula is C16H17BrN2OS. The van der Waals surface area contributed by atoms with Crippen LogP contribution in [0.1, 0.15) is 30.2 Å². The third-order valence-corrected chi connectivity index (χ3v) is 4.79. The lowest BCUT2D eigenvalue weighted by Crippen LogP contribution is -2.23. The minimum atomic E-state index is 0.162. The molecule has 1 N–H and O–H groups in total. The first-order valence-corrected chi connectivity index (χ1v) is 8.75. The number of furan rings is 1. The second kappa shape index (κ2) is 6.73.